The van der Waals surface area contributed by atoms with Crippen LogP contribution < -0.4 is 0 Å². The number of hydrogen-bond acceptors (Lipinski definition) is 3. The summed E-state index contributed by atoms with van der Waals surface area (Å²) in [7, 11) is 0. The van der Waals surface area contributed by atoms with Gasteiger partial charge in [-0.3, -0.25) is 0 Å². The summed E-state index contributed by atoms with van der Waals surface area (Å²) >= 11 is 0. The van der Waals surface area contributed by atoms with E-state index in [9.17, 15) is 0 Å². The van der Waals surface area contributed by atoms with Crippen LogP contribution in [-0.2, 0) is 10.8 Å². The topological polar surface area (TPSA) is 38.7 Å². The van der Waals surface area contributed by atoms with Crippen molar-refractivity contribution < 1.29 is 0 Å². The number of hydrogen-bond donors (Lipinski definition) is 0. The van der Waals surface area contributed by atoms with Crippen molar-refractivity contribution in [3.63, 3.8) is 0 Å². The van der Waals surface area contributed by atoms with Crippen LogP contribution in [0.5, 0.6) is 0 Å². The molecule has 0 N–H and O–H groups in total. The van der Waals surface area contributed by atoms with E-state index in [0.717, 1.165) is 23.1 Å². The Hall–Kier alpha value is -5.93. The lowest BCUT2D eigenvalue weighted by atomic mass is 9.64. The Labute approximate surface area is 336 Å². The fourth-order valence-corrected chi connectivity index (χ4v) is 11.1. The van der Waals surface area contributed by atoms with Crippen molar-refractivity contribution in [2.75, 3.05) is 0 Å². The molecule has 3 atom stereocenters. The van der Waals surface area contributed by atoms with Gasteiger partial charge >= 0.3 is 0 Å². The molecular weight excluding hydrogens is 691 g/mol. The highest BCUT2D eigenvalue weighted by molar-refractivity contribution is 5.98. The van der Waals surface area contributed by atoms with Gasteiger partial charge in [0, 0.05) is 33.9 Å². The lowest BCUT2D eigenvalue weighted by Gasteiger charge is -2.39. The molecule has 6 aromatic rings. The van der Waals surface area contributed by atoms with Crippen LogP contribution in [-0.4, -0.2) is 15.0 Å². The van der Waals surface area contributed by atoms with Crippen molar-refractivity contribution in [3.8, 4) is 45.3 Å². The smallest absolute Gasteiger partial charge is 0.164 e. The lowest BCUT2D eigenvalue weighted by molar-refractivity contribution is 0.345. The van der Waals surface area contributed by atoms with Crippen LogP contribution in [0.2, 0.25) is 0 Å². The molecule has 1 heterocycles. The number of rotatable bonds is 5. The molecule has 5 aromatic carbocycles. The maximum Gasteiger partial charge on any atom is 0.164 e. The summed E-state index contributed by atoms with van der Waals surface area (Å²) in [6, 6.07) is 44.3. The van der Waals surface area contributed by atoms with Gasteiger partial charge in [0.2, 0.25) is 0 Å². The Balaban J connectivity index is 0.992. The highest BCUT2D eigenvalue weighted by Crippen LogP contribution is 2.64. The van der Waals surface area contributed by atoms with Crippen molar-refractivity contribution in [1.29, 1.82) is 0 Å². The van der Waals surface area contributed by atoms with Gasteiger partial charge in [-0.25, -0.2) is 15.0 Å². The molecule has 3 nitrogen and oxygen atoms in total. The van der Waals surface area contributed by atoms with Crippen molar-refractivity contribution >= 4 is 5.57 Å². The van der Waals surface area contributed by atoms with Gasteiger partial charge in [0.05, 0.1) is 0 Å². The lowest BCUT2D eigenvalue weighted by Crippen LogP contribution is -2.31. The van der Waals surface area contributed by atoms with Gasteiger partial charge < -0.3 is 0 Å². The number of nitrogens with zero attached hydrogens (tertiary/aromatic N) is 3. The zero-order valence-electron chi connectivity index (χ0n) is 32.8. The summed E-state index contributed by atoms with van der Waals surface area (Å²) in [5, 5.41) is 0. The van der Waals surface area contributed by atoms with Crippen molar-refractivity contribution in [3.05, 3.63) is 191 Å². The molecule has 3 unspecified atom stereocenters. The van der Waals surface area contributed by atoms with Crippen LogP contribution in [0.15, 0.2) is 163 Å². The maximum atomic E-state index is 5.11. The molecule has 57 heavy (non-hydrogen) atoms. The summed E-state index contributed by atoms with van der Waals surface area (Å²) in [6.07, 6.45) is 21.6. The van der Waals surface area contributed by atoms with Crippen LogP contribution in [0, 0.1) is 5.92 Å². The minimum Gasteiger partial charge on any atom is -0.208 e. The molecule has 1 aromatic heterocycles. The second-order valence-electron chi connectivity index (χ2n) is 17.4. The Bertz CT molecular complexity index is 2650. The molecule has 1 spiro atoms. The normalized spacial score (nSPS) is 22.0. The minimum absolute atomic E-state index is 0.0731. The van der Waals surface area contributed by atoms with E-state index in [0.29, 0.717) is 35.2 Å². The summed E-state index contributed by atoms with van der Waals surface area (Å²) in [5.74, 6) is 3.32. The zero-order chi connectivity index (χ0) is 38.1. The molecule has 0 saturated heterocycles. The van der Waals surface area contributed by atoms with Crippen molar-refractivity contribution in [2.24, 2.45) is 5.92 Å². The molecule has 0 bridgehead atoms. The van der Waals surface area contributed by atoms with Gasteiger partial charge in [0.15, 0.2) is 17.5 Å². The third kappa shape index (κ3) is 5.50. The summed E-state index contributed by atoms with van der Waals surface area (Å²) < 4.78 is 0. The molecule has 1 fully saturated rings. The first-order valence-electron chi connectivity index (χ1n) is 21.0. The van der Waals surface area contributed by atoms with Crippen molar-refractivity contribution in [2.45, 2.75) is 75.0 Å². The number of aromatic nitrogens is 3. The predicted molar refractivity (Wildman–Crippen MR) is 234 cm³/mol. The molecule has 0 amide bonds. The number of benzene rings is 5. The summed E-state index contributed by atoms with van der Waals surface area (Å²) in [4.78, 5) is 15.2. The van der Waals surface area contributed by atoms with Gasteiger partial charge in [-0.1, -0.05) is 191 Å². The number of fused-ring (bicyclic) bond motifs is 8. The van der Waals surface area contributed by atoms with Crippen LogP contribution in [0.25, 0.3) is 50.9 Å². The van der Waals surface area contributed by atoms with E-state index in [-0.39, 0.29) is 10.8 Å². The van der Waals surface area contributed by atoms with Gasteiger partial charge in [-0.15, -0.1) is 0 Å². The monoisotopic (exact) mass is 737 g/mol. The minimum atomic E-state index is 0.0731. The van der Waals surface area contributed by atoms with E-state index in [1.54, 1.807) is 11.1 Å². The van der Waals surface area contributed by atoms with Crippen LogP contribution in [0.4, 0.5) is 0 Å². The quantitative estimate of drug-likeness (QED) is 0.177. The number of allylic oxidation sites excluding steroid dienone is 8. The van der Waals surface area contributed by atoms with Gasteiger partial charge in [-0.2, -0.15) is 0 Å². The standard InChI is InChI=1S/C54H47N3/c1-53(2)45-21-11-10-19-42(45)43-33-48-44(34-47(43)53)49-41(20-14-22-46(49)54(48)31-12-5-13-32-54)37-25-29-40(30-26-37)52-56-50(38-17-8-4-9-18-38)55-51(57-52)39-27-23-36(24-28-39)35-15-6-3-7-16-35/h3-4,6-11,14-15,17-30,33-35,43,47H,5,12-13,16,31-32H2,1-2H3. The van der Waals surface area contributed by atoms with Crippen LogP contribution >= 0.6 is 0 Å². The van der Waals surface area contributed by atoms with E-state index in [2.05, 4.69) is 153 Å². The summed E-state index contributed by atoms with van der Waals surface area (Å²) in [6.45, 7) is 4.92. The maximum absolute atomic E-state index is 5.11. The Kier molecular flexibility index (Phi) is 8.03. The zero-order valence-corrected chi connectivity index (χ0v) is 32.8. The first-order valence-corrected chi connectivity index (χ1v) is 21.0. The van der Waals surface area contributed by atoms with Crippen LogP contribution in [0.3, 0.4) is 0 Å². The second kappa shape index (κ2) is 13.3. The van der Waals surface area contributed by atoms with E-state index >= 15 is 0 Å². The Morgan fingerprint density at radius 2 is 1.19 bits per heavy atom. The third-order valence-corrected chi connectivity index (χ3v) is 14.0. The molecule has 3 heteroatoms. The second-order valence-corrected chi connectivity index (χ2v) is 17.4. The average molecular weight is 738 g/mol. The largest absolute Gasteiger partial charge is 0.208 e. The molecule has 5 aliphatic rings. The Morgan fingerprint density at radius 3 is 1.89 bits per heavy atom. The molecule has 0 radical (unpaired) electrons. The molecule has 0 aliphatic heterocycles. The average Bonchev–Trinajstić information content (AvgIpc) is 3.67. The fourth-order valence-electron chi connectivity index (χ4n) is 11.1. The van der Waals surface area contributed by atoms with Gasteiger partial charge in [0.25, 0.3) is 0 Å². The Morgan fingerprint density at radius 1 is 0.561 bits per heavy atom. The predicted octanol–water partition coefficient (Wildman–Crippen LogP) is 13.4. The third-order valence-electron chi connectivity index (χ3n) is 14.0. The van der Waals surface area contributed by atoms with E-state index in [1.807, 2.05) is 18.2 Å². The summed E-state index contributed by atoms with van der Waals surface area (Å²) in [5.41, 5.74) is 16.1. The van der Waals surface area contributed by atoms with E-state index < -0.39 is 0 Å². The highest BCUT2D eigenvalue weighted by atomic mass is 15.0. The highest BCUT2D eigenvalue weighted by Gasteiger charge is 2.52. The van der Waals surface area contributed by atoms with Gasteiger partial charge in [0.1, 0.15) is 0 Å². The fraction of sp³-hybridized carbons (Fsp3) is 0.241. The molecular formula is C54H47N3. The molecule has 278 valence electrons. The van der Waals surface area contributed by atoms with E-state index in [1.165, 1.54) is 71.1 Å². The van der Waals surface area contributed by atoms with Gasteiger partial charge in [-0.05, 0) is 80.7 Å². The van der Waals surface area contributed by atoms with Crippen LogP contribution in [0.1, 0.15) is 92.0 Å². The molecule has 1 saturated carbocycles. The first-order chi connectivity index (χ1) is 28.0. The first kappa shape index (κ1) is 34.3. The molecule has 11 rings (SSSR count). The van der Waals surface area contributed by atoms with E-state index in [4.69, 9.17) is 15.0 Å². The van der Waals surface area contributed by atoms with Crippen molar-refractivity contribution in [1.82, 2.24) is 15.0 Å². The molecule has 5 aliphatic carbocycles. The SMILES string of the molecule is CC1(C)c2ccccc2C2C=C3C(=CC21)c1c(-c2ccc(-c4nc(-c5ccccc5)nc(-c5ccc(C6C=CC=CC6)cc5)n4)cc2)cccc1C31CCCCC1.